The number of carbonyl (C=O) groups is 1. The minimum Gasteiger partial charge on any atom is -0.369 e. The molecule has 2 aliphatic rings. The first-order chi connectivity index (χ1) is 11.2. The Kier molecular flexibility index (Phi) is 4.82. The fourth-order valence-corrected chi connectivity index (χ4v) is 3.12. The molecule has 0 radical (unpaired) electrons. The van der Waals surface area contributed by atoms with Crippen molar-refractivity contribution in [3.63, 3.8) is 0 Å². The van der Waals surface area contributed by atoms with Gasteiger partial charge in [-0.2, -0.15) is 5.26 Å². The zero-order valence-electron chi connectivity index (χ0n) is 13.7. The van der Waals surface area contributed by atoms with Crippen LogP contribution in [0.4, 0.5) is 5.69 Å². The molecular weight excluding hydrogens is 288 g/mol. The Morgan fingerprint density at radius 3 is 2.78 bits per heavy atom. The van der Waals surface area contributed by atoms with Crippen molar-refractivity contribution in [1.29, 1.82) is 5.26 Å². The molecule has 0 aromatic heterocycles. The van der Waals surface area contributed by atoms with E-state index in [0.29, 0.717) is 6.04 Å². The summed E-state index contributed by atoms with van der Waals surface area (Å²) in [6.45, 7) is 5.53. The van der Waals surface area contributed by atoms with Crippen LogP contribution in [0, 0.1) is 11.3 Å². The SMILES string of the molecule is CC(C(=O)NC1CC1)N1CCCN(c2ccccc2C#N)CC1. The summed E-state index contributed by atoms with van der Waals surface area (Å²) < 4.78 is 0. The lowest BCUT2D eigenvalue weighted by atomic mass is 10.1. The van der Waals surface area contributed by atoms with E-state index in [9.17, 15) is 10.1 Å². The van der Waals surface area contributed by atoms with Crippen LogP contribution in [0.3, 0.4) is 0 Å². The lowest BCUT2D eigenvalue weighted by Gasteiger charge is -2.27. The maximum Gasteiger partial charge on any atom is 0.237 e. The molecule has 1 N–H and O–H groups in total. The zero-order valence-corrected chi connectivity index (χ0v) is 13.7. The number of carbonyl (C=O) groups excluding carboxylic acids is 1. The fourth-order valence-electron chi connectivity index (χ4n) is 3.12. The van der Waals surface area contributed by atoms with Crippen LogP contribution in [0.2, 0.25) is 0 Å². The number of benzene rings is 1. The van der Waals surface area contributed by atoms with Gasteiger partial charge < -0.3 is 10.2 Å². The first kappa shape index (κ1) is 15.8. The molecule has 1 amide bonds. The number of nitrogens with one attached hydrogen (secondary N) is 1. The third-order valence-electron chi connectivity index (χ3n) is 4.75. The first-order valence-electron chi connectivity index (χ1n) is 8.47. The van der Waals surface area contributed by atoms with Gasteiger partial charge in [0, 0.05) is 32.2 Å². The van der Waals surface area contributed by atoms with Crippen LogP contribution >= 0.6 is 0 Å². The number of hydrogen-bond donors (Lipinski definition) is 1. The molecular formula is C18H24N4O. The van der Waals surface area contributed by atoms with Crippen LogP contribution in [-0.4, -0.2) is 49.1 Å². The Bertz CT molecular complexity index is 605. The molecule has 2 fully saturated rings. The van der Waals surface area contributed by atoms with E-state index in [2.05, 4.69) is 21.2 Å². The van der Waals surface area contributed by atoms with Gasteiger partial charge in [-0.15, -0.1) is 0 Å². The standard InChI is InChI=1S/C18H24N4O/c1-14(18(23)20-16-7-8-16)21-9-4-10-22(12-11-21)17-6-3-2-5-15(17)13-19/h2-3,5-6,14,16H,4,7-12H2,1H3,(H,20,23). The molecule has 0 bridgehead atoms. The third-order valence-corrected chi connectivity index (χ3v) is 4.75. The summed E-state index contributed by atoms with van der Waals surface area (Å²) >= 11 is 0. The number of anilines is 1. The van der Waals surface area contributed by atoms with E-state index in [1.54, 1.807) is 0 Å². The summed E-state index contributed by atoms with van der Waals surface area (Å²) in [5.74, 6) is 0.151. The predicted octanol–water partition coefficient (Wildman–Crippen LogP) is 1.74. The van der Waals surface area contributed by atoms with Crippen molar-refractivity contribution in [2.24, 2.45) is 0 Å². The molecule has 0 spiro atoms. The number of para-hydroxylation sites is 1. The fraction of sp³-hybridized carbons (Fsp3) is 0.556. The predicted molar refractivity (Wildman–Crippen MR) is 90.2 cm³/mol. The van der Waals surface area contributed by atoms with E-state index in [4.69, 9.17) is 0 Å². The van der Waals surface area contributed by atoms with E-state index < -0.39 is 0 Å². The Hall–Kier alpha value is -2.06. The van der Waals surface area contributed by atoms with Gasteiger partial charge >= 0.3 is 0 Å². The highest BCUT2D eigenvalue weighted by molar-refractivity contribution is 5.81. The minimum atomic E-state index is -0.0817. The quantitative estimate of drug-likeness (QED) is 0.920. The summed E-state index contributed by atoms with van der Waals surface area (Å²) in [5, 5.41) is 12.4. The maximum absolute atomic E-state index is 12.2. The Morgan fingerprint density at radius 1 is 1.26 bits per heavy atom. The molecule has 23 heavy (non-hydrogen) atoms. The molecule has 1 atom stereocenters. The van der Waals surface area contributed by atoms with Crippen molar-refractivity contribution in [2.45, 2.75) is 38.3 Å². The molecule has 3 rings (SSSR count). The maximum atomic E-state index is 12.2. The molecule has 1 heterocycles. The molecule has 1 aromatic rings. The summed E-state index contributed by atoms with van der Waals surface area (Å²) in [5.41, 5.74) is 1.73. The second kappa shape index (κ2) is 7.01. The number of nitriles is 1. The second-order valence-corrected chi connectivity index (χ2v) is 6.46. The number of hydrogen-bond acceptors (Lipinski definition) is 4. The largest absolute Gasteiger partial charge is 0.369 e. The highest BCUT2D eigenvalue weighted by Crippen LogP contribution is 2.22. The molecule has 1 saturated carbocycles. The van der Waals surface area contributed by atoms with Crippen LogP contribution in [0.25, 0.3) is 0 Å². The van der Waals surface area contributed by atoms with Gasteiger partial charge in [-0.3, -0.25) is 9.69 Å². The lowest BCUT2D eigenvalue weighted by Crippen LogP contribution is -2.47. The van der Waals surface area contributed by atoms with Crippen molar-refractivity contribution in [3.8, 4) is 6.07 Å². The Labute approximate surface area is 137 Å². The second-order valence-electron chi connectivity index (χ2n) is 6.46. The molecule has 1 aromatic carbocycles. The van der Waals surface area contributed by atoms with E-state index >= 15 is 0 Å². The summed E-state index contributed by atoms with van der Waals surface area (Å²) in [4.78, 5) is 16.8. The molecule has 122 valence electrons. The lowest BCUT2D eigenvalue weighted by molar-refractivity contribution is -0.125. The summed E-state index contributed by atoms with van der Waals surface area (Å²) in [7, 11) is 0. The zero-order chi connectivity index (χ0) is 16.2. The van der Waals surface area contributed by atoms with Crippen LogP contribution in [0.1, 0.15) is 31.7 Å². The average Bonchev–Trinajstić information content (AvgIpc) is 3.40. The van der Waals surface area contributed by atoms with Gasteiger partial charge in [-0.1, -0.05) is 12.1 Å². The smallest absolute Gasteiger partial charge is 0.237 e. The van der Waals surface area contributed by atoms with Gasteiger partial charge in [0.15, 0.2) is 0 Å². The summed E-state index contributed by atoms with van der Waals surface area (Å²) in [6.07, 6.45) is 3.25. The molecule has 1 aliphatic carbocycles. The number of amides is 1. The Balaban J connectivity index is 1.62. The minimum absolute atomic E-state index is 0.0817. The van der Waals surface area contributed by atoms with Crippen molar-refractivity contribution in [2.75, 3.05) is 31.1 Å². The third kappa shape index (κ3) is 3.83. The topological polar surface area (TPSA) is 59.4 Å². The van der Waals surface area contributed by atoms with Crippen LogP contribution in [0.15, 0.2) is 24.3 Å². The van der Waals surface area contributed by atoms with Gasteiger partial charge in [-0.05, 0) is 38.3 Å². The number of rotatable bonds is 4. The van der Waals surface area contributed by atoms with Crippen molar-refractivity contribution < 1.29 is 4.79 Å². The van der Waals surface area contributed by atoms with Gasteiger partial charge in [0.05, 0.1) is 17.3 Å². The van der Waals surface area contributed by atoms with Gasteiger partial charge in [-0.25, -0.2) is 0 Å². The Morgan fingerprint density at radius 2 is 2.04 bits per heavy atom. The van der Waals surface area contributed by atoms with Crippen molar-refractivity contribution in [1.82, 2.24) is 10.2 Å². The van der Waals surface area contributed by atoms with Crippen LogP contribution in [0.5, 0.6) is 0 Å². The van der Waals surface area contributed by atoms with Crippen molar-refractivity contribution in [3.05, 3.63) is 29.8 Å². The van der Waals surface area contributed by atoms with E-state index in [1.165, 1.54) is 0 Å². The van der Waals surface area contributed by atoms with E-state index in [1.807, 2.05) is 31.2 Å². The van der Waals surface area contributed by atoms with Gasteiger partial charge in [0.1, 0.15) is 6.07 Å². The first-order valence-corrected chi connectivity index (χ1v) is 8.47. The molecule has 1 saturated heterocycles. The van der Waals surface area contributed by atoms with Crippen molar-refractivity contribution >= 4 is 11.6 Å². The molecule has 5 heteroatoms. The summed E-state index contributed by atoms with van der Waals surface area (Å²) in [6, 6.07) is 10.4. The van der Waals surface area contributed by atoms with Gasteiger partial charge in [0.2, 0.25) is 5.91 Å². The average molecular weight is 312 g/mol. The number of nitrogens with zero attached hydrogens (tertiary/aromatic N) is 3. The monoisotopic (exact) mass is 312 g/mol. The highest BCUT2D eigenvalue weighted by Gasteiger charge is 2.29. The highest BCUT2D eigenvalue weighted by atomic mass is 16.2. The van der Waals surface area contributed by atoms with Crippen LogP contribution < -0.4 is 10.2 Å². The van der Waals surface area contributed by atoms with E-state index in [0.717, 1.165) is 56.7 Å². The molecule has 1 unspecified atom stereocenters. The van der Waals surface area contributed by atoms with E-state index in [-0.39, 0.29) is 11.9 Å². The van der Waals surface area contributed by atoms with Crippen LogP contribution in [-0.2, 0) is 4.79 Å². The normalized spacial score (nSPS) is 20.4. The van der Waals surface area contributed by atoms with Gasteiger partial charge in [0.25, 0.3) is 0 Å². The molecule has 5 nitrogen and oxygen atoms in total. The molecule has 1 aliphatic heterocycles.